The lowest BCUT2D eigenvalue weighted by Gasteiger charge is -2.43. The minimum atomic E-state index is -0.715. The number of benzene rings is 1. The lowest BCUT2D eigenvalue weighted by molar-refractivity contribution is -0.155. The number of hydrogen-bond donors (Lipinski definition) is 1. The highest BCUT2D eigenvalue weighted by Crippen LogP contribution is 2.42. The van der Waals surface area contributed by atoms with Crippen LogP contribution in [0.15, 0.2) is 24.3 Å². The third kappa shape index (κ3) is 2.67. The second-order valence-electron chi connectivity index (χ2n) is 6.20. The molecule has 1 saturated heterocycles. The molecule has 0 bridgehead atoms. The molecule has 1 N–H and O–H groups in total. The zero-order valence-electron chi connectivity index (χ0n) is 12.2. The van der Waals surface area contributed by atoms with Gasteiger partial charge in [-0.3, -0.25) is 9.59 Å². The van der Waals surface area contributed by atoms with Gasteiger partial charge in [-0.25, -0.2) is 0 Å². The Kier molecular flexibility index (Phi) is 3.71. The summed E-state index contributed by atoms with van der Waals surface area (Å²) in [4.78, 5) is 26.8. The highest BCUT2D eigenvalue weighted by atomic mass is 127. The number of hydrogen-bond acceptors (Lipinski definition) is 2. The van der Waals surface area contributed by atoms with Gasteiger partial charge in [-0.1, -0.05) is 12.1 Å². The smallest absolute Gasteiger partial charge is 0.249 e. The maximum absolute atomic E-state index is 12.9. The molecule has 0 spiro atoms. The molecular weight excluding hydrogens is 379 g/mol. The van der Waals surface area contributed by atoms with E-state index in [0.717, 1.165) is 22.0 Å². The molecule has 2 aliphatic rings. The highest BCUT2D eigenvalue weighted by molar-refractivity contribution is 14.1. The van der Waals surface area contributed by atoms with Crippen molar-refractivity contribution in [3.63, 3.8) is 0 Å². The molecule has 1 aliphatic carbocycles. The fourth-order valence-electron chi connectivity index (χ4n) is 2.96. The summed E-state index contributed by atoms with van der Waals surface area (Å²) in [5.41, 5.74) is 0.343. The number of piperazine rings is 1. The average molecular weight is 398 g/mol. The lowest BCUT2D eigenvalue weighted by atomic mass is 9.89. The van der Waals surface area contributed by atoms with Crippen LogP contribution in [0.4, 0.5) is 0 Å². The second kappa shape index (κ2) is 5.26. The van der Waals surface area contributed by atoms with Gasteiger partial charge in [0, 0.05) is 10.1 Å². The van der Waals surface area contributed by atoms with Gasteiger partial charge in [0.15, 0.2) is 0 Å². The van der Waals surface area contributed by atoms with Crippen LogP contribution in [0.1, 0.15) is 32.3 Å². The SMILES string of the molecule is CC1C(=O)NC(C)(C2CC2)C(=O)N1Cc1ccc(I)cc1. The van der Waals surface area contributed by atoms with Crippen LogP contribution in [0.25, 0.3) is 0 Å². The molecule has 1 aliphatic heterocycles. The minimum Gasteiger partial charge on any atom is -0.340 e. The van der Waals surface area contributed by atoms with Crippen molar-refractivity contribution >= 4 is 34.4 Å². The Balaban J connectivity index is 1.85. The summed E-state index contributed by atoms with van der Waals surface area (Å²) < 4.78 is 1.16. The monoisotopic (exact) mass is 398 g/mol. The molecule has 3 rings (SSSR count). The van der Waals surface area contributed by atoms with E-state index < -0.39 is 11.6 Å². The van der Waals surface area contributed by atoms with Crippen LogP contribution >= 0.6 is 22.6 Å². The number of nitrogens with one attached hydrogen (secondary N) is 1. The number of halogens is 1. The molecule has 2 fully saturated rings. The molecule has 0 aromatic heterocycles. The van der Waals surface area contributed by atoms with Crippen LogP contribution in [-0.2, 0) is 16.1 Å². The van der Waals surface area contributed by atoms with E-state index in [1.807, 2.05) is 31.2 Å². The first-order chi connectivity index (χ1) is 9.91. The third-order valence-corrected chi connectivity index (χ3v) is 5.31. The van der Waals surface area contributed by atoms with Crippen molar-refractivity contribution in [1.29, 1.82) is 0 Å². The number of carbonyl (C=O) groups excluding carboxylic acids is 2. The molecule has 2 unspecified atom stereocenters. The van der Waals surface area contributed by atoms with Gasteiger partial charge < -0.3 is 10.2 Å². The van der Waals surface area contributed by atoms with Gasteiger partial charge in [0.25, 0.3) is 0 Å². The van der Waals surface area contributed by atoms with E-state index in [4.69, 9.17) is 0 Å². The van der Waals surface area contributed by atoms with Crippen LogP contribution in [-0.4, -0.2) is 28.3 Å². The molecule has 5 heteroatoms. The van der Waals surface area contributed by atoms with E-state index in [1.165, 1.54) is 0 Å². The molecule has 0 radical (unpaired) electrons. The van der Waals surface area contributed by atoms with E-state index in [-0.39, 0.29) is 11.8 Å². The quantitative estimate of drug-likeness (QED) is 0.795. The van der Waals surface area contributed by atoms with Crippen molar-refractivity contribution in [2.24, 2.45) is 5.92 Å². The average Bonchev–Trinajstić information content (AvgIpc) is 3.28. The summed E-state index contributed by atoms with van der Waals surface area (Å²) >= 11 is 2.26. The molecule has 1 heterocycles. The van der Waals surface area contributed by atoms with Gasteiger partial charge in [-0.15, -0.1) is 0 Å². The predicted molar refractivity (Wildman–Crippen MR) is 88.4 cm³/mol. The molecule has 1 saturated carbocycles. The van der Waals surface area contributed by atoms with Crippen molar-refractivity contribution in [2.75, 3.05) is 0 Å². The first-order valence-electron chi connectivity index (χ1n) is 7.29. The topological polar surface area (TPSA) is 49.4 Å². The van der Waals surface area contributed by atoms with Gasteiger partial charge >= 0.3 is 0 Å². The van der Waals surface area contributed by atoms with Gasteiger partial charge in [0.1, 0.15) is 11.6 Å². The van der Waals surface area contributed by atoms with Gasteiger partial charge in [0.05, 0.1) is 0 Å². The lowest BCUT2D eigenvalue weighted by Crippen LogP contribution is -2.69. The zero-order chi connectivity index (χ0) is 15.2. The Morgan fingerprint density at radius 3 is 2.48 bits per heavy atom. The molecular formula is C16H19IN2O2. The van der Waals surface area contributed by atoms with E-state index >= 15 is 0 Å². The maximum Gasteiger partial charge on any atom is 0.249 e. The van der Waals surface area contributed by atoms with Gasteiger partial charge in [0.2, 0.25) is 11.8 Å². The fourth-order valence-corrected chi connectivity index (χ4v) is 3.32. The van der Waals surface area contributed by atoms with Gasteiger partial charge in [-0.05, 0) is 72.9 Å². The Morgan fingerprint density at radius 1 is 1.29 bits per heavy atom. The van der Waals surface area contributed by atoms with E-state index in [9.17, 15) is 9.59 Å². The summed E-state index contributed by atoms with van der Waals surface area (Å²) in [5.74, 6) is 0.297. The fraction of sp³-hybridized carbons (Fsp3) is 0.500. The first kappa shape index (κ1) is 14.8. The molecule has 2 amide bonds. The largest absolute Gasteiger partial charge is 0.340 e. The molecule has 2 atom stereocenters. The Hall–Kier alpha value is -1.11. The molecule has 21 heavy (non-hydrogen) atoms. The van der Waals surface area contributed by atoms with Crippen LogP contribution in [0.5, 0.6) is 0 Å². The van der Waals surface area contributed by atoms with Crippen molar-refractivity contribution in [3.05, 3.63) is 33.4 Å². The summed E-state index contributed by atoms with van der Waals surface area (Å²) in [6.45, 7) is 4.16. The number of rotatable bonds is 3. The summed E-state index contributed by atoms with van der Waals surface area (Å²) in [6.07, 6.45) is 2.04. The number of nitrogens with zero attached hydrogens (tertiary/aromatic N) is 1. The number of carbonyl (C=O) groups is 2. The van der Waals surface area contributed by atoms with Crippen LogP contribution in [0.3, 0.4) is 0 Å². The normalized spacial score (nSPS) is 29.5. The van der Waals surface area contributed by atoms with E-state index in [0.29, 0.717) is 12.5 Å². The third-order valence-electron chi connectivity index (χ3n) is 4.59. The standard InChI is InChI=1S/C16H19IN2O2/c1-10-14(20)18-16(2,12-5-6-12)15(21)19(10)9-11-3-7-13(17)8-4-11/h3-4,7-8,10,12H,5-6,9H2,1-2H3,(H,18,20). The van der Waals surface area contributed by atoms with Crippen LogP contribution in [0.2, 0.25) is 0 Å². The van der Waals surface area contributed by atoms with Crippen molar-refractivity contribution in [2.45, 2.75) is 44.8 Å². The van der Waals surface area contributed by atoms with Crippen LogP contribution in [0, 0.1) is 9.49 Å². The maximum atomic E-state index is 12.9. The van der Waals surface area contributed by atoms with Gasteiger partial charge in [-0.2, -0.15) is 0 Å². The van der Waals surface area contributed by atoms with Crippen molar-refractivity contribution in [1.82, 2.24) is 10.2 Å². The Bertz CT molecular complexity index is 582. The Labute approximate surface area is 138 Å². The van der Waals surface area contributed by atoms with E-state index in [1.54, 1.807) is 11.8 Å². The van der Waals surface area contributed by atoms with Crippen molar-refractivity contribution < 1.29 is 9.59 Å². The predicted octanol–water partition coefficient (Wildman–Crippen LogP) is 2.31. The molecule has 1 aromatic carbocycles. The summed E-state index contributed by atoms with van der Waals surface area (Å²) in [6, 6.07) is 7.67. The molecule has 4 nitrogen and oxygen atoms in total. The van der Waals surface area contributed by atoms with E-state index in [2.05, 4.69) is 27.9 Å². The zero-order valence-corrected chi connectivity index (χ0v) is 14.4. The van der Waals surface area contributed by atoms with Crippen LogP contribution < -0.4 is 5.32 Å². The number of amides is 2. The second-order valence-corrected chi connectivity index (χ2v) is 7.45. The molecule has 1 aromatic rings. The minimum absolute atomic E-state index is 0.0467. The highest BCUT2D eigenvalue weighted by Gasteiger charge is 2.54. The van der Waals surface area contributed by atoms with Crippen molar-refractivity contribution in [3.8, 4) is 0 Å². The Morgan fingerprint density at radius 2 is 1.90 bits per heavy atom. The first-order valence-corrected chi connectivity index (χ1v) is 8.37. The summed E-state index contributed by atoms with van der Waals surface area (Å²) in [5, 5.41) is 2.95. The summed E-state index contributed by atoms with van der Waals surface area (Å²) in [7, 11) is 0. The molecule has 112 valence electrons.